The van der Waals surface area contributed by atoms with Crippen LogP contribution in [0.2, 0.25) is 0 Å². The molecule has 0 atom stereocenters. The highest BCUT2D eigenvalue weighted by atomic mass is 32.2. The van der Waals surface area contributed by atoms with Crippen molar-refractivity contribution in [3.8, 4) is 0 Å². The highest BCUT2D eigenvalue weighted by molar-refractivity contribution is 7.99. The van der Waals surface area contributed by atoms with Gasteiger partial charge in [0.25, 0.3) is 0 Å². The van der Waals surface area contributed by atoms with Gasteiger partial charge in [0.05, 0.1) is 12.7 Å². The summed E-state index contributed by atoms with van der Waals surface area (Å²) in [5.41, 5.74) is 1.40. The predicted octanol–water partition coefficient (Wildman–Crippen LogP) is 3.06. The Hall–Kier alpha value is -2.14. The first-order valence-corrected chi connectivity index (χ1v) is 6.35. The number of rotatable bonds is 4. The number of methoxy groups -OCH3 is 1. The predicted molar refractivity (Wildman–Crippen MR) is 74.0 cm³/mol. The molecule has 2 rings (SSSR count). The van der Waals surface area contributed by atoms with Crippen LogP contribution in [0.1, 0.15) is 15.9 Å². The topological polar surface area (TPSA) is 52.1 Å². The number of nitrogens with zero attached hydrogens (tertiary/aromatic N) is 2. The van der Waals surface area contributed by atoms with Gasteiger partial charge in [0, 0.05) is 22.9 Å². The molecule has 0 fully saturated rings. The molecule has 0 spiro atoms. The van der Waals surface area contributed by atoms with E-state index >= 15 is 0 Å². The Kier molecular flexibility index (Phi) is 4.30. The summed E-state index contributed by atoms with van der Waals surface area (Å²) in [7, 11) is 1.36. The molecule has 1 heterocycles. The van der Waals surface area contributed by atoms with E-state index in [0.29, 0.717) is 10.7 Å². The van der Waals surface area contributed by atoms with E-state index in [2.05, 4.69) is 21.3 Å². The van der Waals surface area contributed by atoms with Crippen LogP contribution in [0.3, 0.4) is 0 Å². The molecule has 0 aliphatic heterocycles. The van der Waals surface area contributed by atoms with Crippen LogP contribution in [0.15, 0.2) is 53.3 Å². The summed E-state index contributed by atoms with van der Waals surface area (Å²) in [5, 5.41) is 0.649. The fraction of sp³-hybridized carbons (Fsp3) is 0.0714. The minimum absolute atomic E-state index is 0.344. The van der Waals surface area contributed by atoms with Gasteiger partial charge < -0.3 is 4.74 Å². The van der Waals surface area contributed by atoms with Crippen LogP contribution in [-0.2, 0) is 4.74 Å². The Labute approximate surface area is 115 Å². The van der Waals surface area contributed by atoms with Crippen molar-refractivity contribution in [1.29, 1.82) is 0 Å². The number of ether oxygens (including phenoxy) is 1. The fourth-order valence-electron chi connectivity index (χ4n) is 1.37. The molecular formula is C14H12N2O2S. The van der Waals surface area contributed by atoms with E-state index < -0.39 is 0 Å². The normalized spacial score (nSPS) is 9.95. The molecular weight excluding hydrogens is 260 g/mol. The molecule has 0 radical (unpaired) electrons. The molecule has 19 heavy (non-hydrogen) atoms. The Morgan fingerprint density at radius 2 is 1.89 bits per heavy atom. The van der Waals surface area contributed by atoms with E-state index in [1.165, 1.54) is 18.9 Å². The minimum Gasteiger partial charge on any atom is -0.465 e. The molecule has 1 aromatic heterocycles. The number of esters is 1. The zero-order valence-electron chi connectivity index (χ0n) is 10.4. The lowest BCUT2D eigenvalue weighted by molar-refractivity contribution is 0.0600. The van der Waals surface area contributed by atoms with Crippen LogP contribution < -0.4 is 0 Å². The molecule has 0 aliphatic carbocycles. The SMILES string of the molecule is C=Cc1cnc(Sc2ccc(C(=O)OC)cc2)nc1. The average molecular weight is 272 g/mol. The number of aromatic nitrogens is 2. The van der Waals surface area contributed by atoms with Gasteiger partial charge in [-0.2, -0.15) is 0 Å². The summed E-state index contributed by atoms with van der Waals surface area (Å²) in [5.74, 6) is -0.344. The van der Waals surface area contributed by atoms with Gasteiger partial charge in [-0.3, -0.25) is 0 Å². The smallest absolute Gasteiger partial charge is 0.337 e. The molecule has 0 saturated carbocycles. The standard InChI is InChI=1S/C14H12N2O2S/c1-3-10-8-15-14(16-9-10)19-12-6-4-11(5-7-12)13(17)18-2/h3-9H,1H2,2H3. The van der Waals surface area contributed by atoms with E-state index in [4.69, 9.17) is 0 Å². The van der Waals surface area contributed by atoms with Gasteiger partial charge in [0.2, 0.25) is 0 Å². The molecule has 5 heteroatoms. The third-order valence-corrected chi connectivity index (χ3v) is 3.27. The maximum Gasteiger partial charge on any atom is 0.337 e. The first-order chi connectivity index (χ1) is 9.22. The molecule has 96 valence electrons. The van der Waals surface area contributed by atoms with Gasteiger partial charge in [0.1, 0.15) is 0 Å². The number of carbonyl (C=O) groups excluding carboxylic acids is 1. The van der Waals surface area contributed by atoms with Crippen molar-refractivity contribution in [2.75, 3.05) is 7.11 Å². The van der Waals surface area contributed by atoms with Gasteiger partial charge in [-0.15, -0.1) is 0 Å². The van der Waals surface area contributed by atoms with Crippen molar-refractivity contribution in [2.24, 2.45) is 0 Å². The summed E-state index contributed by atoms with van der Waals surface area (Å²) in [6, 6.07) is 7.10. The van der Waals surface area contributed by atoms with E-state index in [9.17, 15) is 4.79 Å². The Morgan fingerprint density at radius 3 is 2.42 bits per heavy atom. The van der Waals surface area contributed by atoms with Gasteiger partial charge in [-0.05, 0) is 36.0 Å². The molecule has 0 bridgehead atoms. The van der Waals surface area contributed by atoms with E-state index in [1.807, 2.05) is 12.1 Å². The molecule has 0 saturated heterocycles. The summed E-state index contributed by atoms with van der Waals surface area (Å²) < 4.78 is 4.64. The summed E-state index contributed by atoms with van der Waals surface area (Å²) >= 11 is 1.43. The lowest BCUT2D eigenvalue weighted by Crippen LogP contribution is -2.00. The summed E-state index contributed by atoms with van der Waals surface area (Å²) in [6.07, 6.45) is 5.12. The van der Waals surface area contributed by atoms with Crippen molar-refractivity contribution in [3.05, 3.63) is 54.4 Å². The van der Waals surface area contributed by atoms with Gasteiger partial charge >= 0.3 is 5.97 Å². The second-order valence-corrected chi connectivity index (χ2v) is 4.66. The lowest BCUT2D eigenvalue weighted by Gasteiger charge is -2.02. The maximum absolute atomic E-state index is 11.3. The average Bonchev–Trinajstić information content (AvgIpc) is 2.48. The van der Waals surface area contributed by atoms with Crippen molar-refractivity contribution in [3.63, 3.8) is 0 Å². The third kappa shape index (κ3) is 3.42. The Balaban J connectivity index is 2.10. The molecule has 1 aromatic carbocycles. The quantitative estimate of drug-likeness (QED) is 0.632. The number of carbonyl (C=O) groups is 1. The van der Waals surface area contributed by atoms with Crippen molar-refractivity contribution in [2.45, 2.75) is 10.1 Å². The van der Waals surface area contributed by atoms with Crippen molar-refractivity contribution < 1.29 is 9.53 Å². The van der Waals surface area contributed by atoms with Crippen LogP contribution in [0, 0.1) is 0 Å². The van der Waals surface area contributed by atoms with Crippen LogP contribution in [0.4, 0.5) is 0 Å². The third-order valence-electron chi connectivity index (χ3n) is 2.37. The zero-order chi connectivity index (χ0) is 13.7. The van der Waals surface area contributed by atoms with Crippen LogP contribution in [0.25, 0.3) is 6.08 Å². The Morgan fingerprint density at radius 1 is 1.26 bits per heavy atom. The summed E-state index contributed by atoms with van der Waals surface area (Å²) in [6.45, 7) is 3.65. The fourth-order valence-corrected chi connectivity index (χ4v) is 2.06. The zero-order valence-corrected chi connectivity index (χ0v) is 11.2. The highest BCUT2D eigenvalue weighted by Crippen LogP contribution is 2.24. The second kappa shape index (κ2) is 6.15. The maximum atomic E-state index is 11.3. The monoisotopic (exact) mass is 272 g/mol. The van der Waals surface area contributed by atoms with Crippen molar-refractivity contribution >= 4 is 23.8 Å². The van der Waals surface area contributed by atoms with Crippen LogP contribution in [0.5, 0.6) is 0 Å². The number of benzene rings is 1. The Bertz CT molecular complexity index is 579. The van der Waals surface area contributed by atoms with Crippen LogP contribution in [-0.4, -0.2) is 23.0 Å². The summed E-state index contributed by atoms with van der Waals surface area (Å²) in [4.78, 5) is 20.7. The van der Waals surface area contributed by atoms with Crippen LogP contribution >= 0.6 is 11.8 Å². The van der Waals surface area contributed by atoms with E-state index in [-0.39, 0.29) is 5.97 Å². The minimum atomic E-state index is -0.344. The molecule has 0 aliphatic rings. The van der Waals surface area contributed by atoms with Crippen molar-refractivity contribution in [1.82, 2.24) is 9.97 Å². The molecule has 4 nitrogen and oxygen atoms in total. The lowest BCUT2D eigenvalue weighted by atomic mass is 10.2. The van der Waals surface area contributed by atoms with Gasteiger partial charge in [-0.1, -0.05) is 12.7 Å². The molecule has 2 aromatic rings. The van der Waals surface area contributed by atoms with Gasteiger partial charge in [0.15, 0.2) is 5.16 Å². The highest BCUT2D eigenvalue weighted by Gasteiger charge is 2.05. The largest absolute Gasteiger partial charge is 0.465 e. The molecule has 0 unspecified atom stereocenters. The first kappa shape index (κ1) is 13.3. The number of hydrogen-bond donors (Lipinski definition) is 0. The first-order valence-electron chi connectivity index (χ1n) is 5.53. The van der Waals surface area contributed by atoms with Gasteiger partial charge in [-0.25, -0.2) is 14.8 Å². The van der Waals surface area contributed by atoms with E-state index in [1.54, 1.807) is 30.6 Å². The molecule has 0 amide bonds. The molecule has 0 N–H and O–H groups in total. The second-order valence-electron chi connectivity index (χ2n) is 3.62. The van der Waals surface area contributed by atoms with E-state index in [0.717, 1.165) is 10.5 Å². The number of hydrogen-bond acceptors (Lipinski definition) is 5.